The molecule has 0 saturated carbocycles. The van der Waals surface area contributed by atoms with E-state index in [1.807, 2.05) is 12.1 Å². The summed E-state index contributed by atoms with van der Waals surface area (Å²) < 4.78 is 5.36. The molecule has 2 rings (SSSR count). The summed E-state index contributed by atoms with van der Waals surface area (Å²) in [5.41, 5.74) is 2.44. The molecule has 3 N–H and O–H groups in total. The Labute approximate surface area is 102 Å². The normalized spacial score (nSPS) is 18.4. The molecule has 1 atom stereocenters. The molecule has 0 bridgehead atoms. The zero-order valence-corrected chi connectivity index (χ0v) is 10.2. The molecule has 4 nitrogen and oxygen atoms in total. The minimum absolute atomic E-state index is 0.187. The van der Waals surface area contributed by atoms with Gasteiger partial charge in [0.1, 0.15) is 5.75 Å². The topological polar surface area (TPSA) is 53.5 Å². The Morgan fingerprint density at radius 1 is 1.53 bits per heavy atom. The Balaban J connectivity index is 2.01. The molecule has 0 radical (unpaired) electrons. The van der Waals surface area contributed by atoms with Gasteiger partial charge in [-0.2, -0.15) is 0 Å². The number of anilines is 1. The van der Waals surface area contributed by atoms with Crippen molar-refractivity contribution in [2.45, 2.75) is 18.9 Å². The van der Waals surface area contributed by atoms with E-state index in [0.29, 0.717) is 12.6 Å². The highest BCUT2D eigenvalue weighted by Gasteiger charge is 2.19. The van der Waals surface area contributed by atoms with Crippen molar-refractivity contribution in [3.8, 4) is 5.75 Å². The largest absolute Gasteiger partial charge is 0.495 e. The number of hydrogen-bond acceptors (Lipinski definition) is 4. The first kappa shape index (κ1) is 12.2. The predicted molar refractivity (Wildman–Crippen MR) is 68.7 cm³/mol. The number of hydrogen-bond donors (Lipinski definition) is 3. The van der Waals surface area contributed by atoms with Gasteiger partial charge in [0.05, 0.1) is 19.4 Å². The van der Waals surface area contributed by atoms with Gasteiger partial charge in [-0.05, 0) is 24.5 Å². The zero-order valence-electron chi connectivity index (χ0n) is 10.2. The number of benzene rings is 1. The molecule has 1 aromatic carbocycles. The summed E-state index contributed by atoms with van der Waals surface area (Å²) in [6, 6.07) is 6.56. The molecule has 0 aliphatic carbocycles. The van der Waals surface area contributed by atoms with Crippen LogP contribution in [-0.4, -0.2) is 38.0 Å². The van der Waals surface area contributed by atoms with Crippen LogP contribution in [0.2, 0.25) is 0 Å². The van der Waals surface area contributed by atoms with Crippen molar-refractivity contribution in [2.24, 2.45) is 0 Å². The minimum Gasteiger partial charge on any atom is -0.495 e. The molecule has 1 unspecified atom stereocenters. The quantitative estimate of drug-likeness (QED) is 0.668. The summed E-state index contributed by atoms with van der Waals surface area (Å²) in [6.07, 6.45) is 2.18. The van der Waals surface area contributed by atoms with Gasteiger partial charge in [0.25, 0.3) is 0 Å². The highest BCUT2D eigenvalue weighted by Crippen LogP contribution is 2.33. The number of rotatable bonds is 5. The first-order valence-corrected chi connectivity index (χ1v) is 6.09. The highest BCUT2D eigenvalue weighted by molar-refractivity contribution is 5.64. The molecule has 0 fully saturated rings. The average molecular weight is 236 g/mol. The lowest BCUT2D eigenvalue weighted by Gasteiger charge is -2.28. The molecule has 17 heavy (non-hydrogen) atoms. The van der Waals surface area contributed by atoms with Crippen LogP contribution in [0, 0.1) is 0 Å². The maximum Gasteiger partial charge on any atom is 0.142 e. The molecule has 0 amide bonds. The van der Waals surface area contributed by atoms with Gasteiger partial charge in [-0.1, -0.05) is 12.1 Å². The number of aryl methyl sites for hydroxylation is 1. The first-order chi connectivity index (χ1) is 8.35. The first-order valence-electron chi connectivity index (χ1n) is 6.09. The molecule has 0 spiro atoms. The maximum absolute atomic E-state index is 8.73. The number of aliphatic hydroxyl groups is 1. The van der Waals surface area contributed by atoms with Crippen LogP contribution >= 0.6 is 0 Å². The van der Waals surface area contributed by atoms with Crippen LogP contribution in [0.4, 0.5) is 5.69 Å². The Kier molecular flexibility index (Phi) is 4.23. The fourth-order valence-corrected chi connectivity index (χ4v) is 2.23. The zero-order chi connectivity index (χ0) is 12.1. The van der Waals surface area contributed by atoms with E-state index in [4.69, 9.17) is 9.84 Å². The molecular formula is C13H20N2O2. The molecular weight excluding hydrogens is 216 g/mol. The average Bonchev–Trinajstić information content (AvgIpc) is 2.38. The fraction of sp³-hybridized carbons (Fsp3) is 0.538. The Bertz CT molecular complexity index is 354. The molecule has 1 aliphatic heterocycles. The van der Waals surface area contributed by atoms with Gasteiger partial charge in [0, 0.05) is 19.1 Å². The second kappa shape index (κ2) is 5.89. The number of nitrogens with one attached hydrogen (secondary N) is 2. The van der Waals surface area contributed by atoms with E-state index in [2.05, 4.69) is 16.7 Å². The summed E-state index contributed by atoms with van der Waals surface area (Å²) in [6.45, 7) is 1.71. The molecule has 94 valence electrons. The maximum atomic E-state index is 8.73. The van der Waals surface area contributed by atoms with E-state index in [1.54, 1.807) is 7.11 Å². The molecule has 1 aliphatic rings. The van der Waals surface area contributed by atoms with Gasteiger partial charge in [-0.15, -0.1) is 0 Å². The number of aliphatic hydroxyl groups excluding tert-OH is 1. The second-order valence-corrected chi connectivity index (χ2v) is 4.30. The van der Waals surface area contributed by atoms with Crippen molar-refractivity contribution in [1.82, 2.24) is 5.32 Å². The van der Waals surface area contributed by atoms with E-state index in [1.165, 1.54) is 5.56 Å². The Hall–Kier alpha value is -1.26. The number of fused-ring (bicyclic) bond motifs is 1. The Morgan fingerprint density at radius 2 is 2.41 bits per heavy atom. The van der Waals surface area contributed by atoms with Crippen LogP contribution in [0.25, 0.3) is 0 Å². The van der Waals surface area contributed by atoms with E-state index >= 15 is 0 Å². The summed E-state index contributed by atoms with van der Waals surface area (Å²) in [4.78, 5) is 0. The van der Waals surface area contributed by atoms with Crippen LogP contribution in [0.5, 0.6) is 5.75 Å². The fourth-order valence-electron chi connectivity index (χ4n) is 2.23. The lowest BCUT2D eigenvalue weighted by molar-refractivity contribution is 0.291. The standard InChI is InChI=1S/C13H20N2O2/c1-17-12-4-2-3-10-5-6-11(15-13(10)12)9-14-7-8-16/h2-4,11,14-16H,5-9H2,1H3. The molecule has 4 heteroatoms. The third-order valence-corrected chi connectivity index (χ3v) is 3.12. The van der Waals surface area contributed by atoms with Crippen LogP contribution in [0.3, 0.4) is 0 Å². The third-order valence-electron chi connectivity index (χ3n) is 3.12. The summed E-state index contributed by atoms with van der Waals surface area (Å²) >= 11 is 0. The van der Waals surface area contributed by atoms with Crippen LogP contribution in [-0.2, 0) is 6.42 Å². The monoisotopic (exact) mass is 236 g/mol. The molecule has 1 aromatic rings. The molecule has 0 aromatic heterocycles. The SMILES string of the molecule is COc1cccc2c1NC(CNCCO)CC2. The van der Waals surface area contributed by atoms with Gasteiger partial charge < -0.3 is 20.5 Å². The van der Waals surface area contributed by atoms with Gasteiger partial charge in [0.15, 0.2) is 0 Å². The third kappa shape index (κ3) is 2.90. The summed E-state index contributed by atoms with van der Waals surface area (Å²) in [5.74, 6) is 0.911. The van der Waals surface area contributed by atoms with Gasteiger partial charge in [0.2, 0.25) is 0 Å². The van der Waals surface area contributed by atoms with Crippen molar-refractivity contribution >= 4 is 5.69 Å². The van der Waals surface area contributed by atoms with Gasteiger partial charge >= 0.3 is 0 Å². The van der Waals surface area contributed by atoms with E-state index < -0.39 is 0 Å². The number of methoxy groups -OCH3 is 1. The summed E-state index contributed by atoms with van der Waals surface area (Å²) in [7, 11) is 1.70. The van der Waals surface area contributed by atoms with E-state index in [9.17, 15) is 0 Å². The van der Waals surface area contributed by atoms with Crippen molar-refractivity contribution in [3.05, 3.63) is 23.8 Å². The number of ether oxygens (including phenoxy) is 1. The Morgan fingerprint density at radius 3 is 3.18 bits per heavy atom. The van der Waals surface area contributed by atoms with Crippen LogP contribution in [0.1, 0.15) is 12.0 Å². The van der Waals surface area contributed by atoms with Crippen LogP contribution < -0.4 is 15.4 Å². The van der Waals surface area contributed by atoms with Crippen molar-refractivity contribution in [1.29, 1.82) is 0 Å². The van der Waals surface area contributed by atoms with Crippen molar-refractivity contribution < 1.29 is 9.84 Å². The second-order valence-electron chi connectivity index (χ2n) is 4.30. The lowest BCUT2D eigenvalue weighted by Crippen LogP contribution is -2.37. The lowest BCUT2D eigenvalue weighted by atomic mass is 9.97. The highest BCUT2D eigenvalue weighted by atomic mass is 16.5. The van der Waals surface area contributed by atoms with Gasteiger partial charge in [-0.25, -0.2) is 0 Å². The predicted octanol–water partition coefficient (Wildman–Crippen LogP) is 1.00. The van der Waals surface area contributed by atoms with Gasteiger partial charge in [-0.3, -0.25) is 0 Å². The summed E-state index contributed by atoms with van der Waals surface area (Å²) in [5, 5.41) is 15.5. The minimum atomic E-state index is 0.187. The van der Waals surface area contributed by atoms with Crippen LogP contribution in [0.15, 0.2) is 18.2 Å². The molecule has 0 saturated heterocycles. The van der Waals surface area contributed by atoms with E-state index in [0.717, 1.165) is 30.8 Å². The smallest absolute Gasteiger partial charge is 0.142 e. The van der Waals surface area contributed by atoms with E-state index in [-0.39, 0.29) is 6.61 Å². The molecule has 1 heterocycles. The van der Waals surface area contributed by atoms with Crippen molar-refractivity contribution in [2.75, 3.05) is 32.1 Å². The van der Waals surface area contributed by atoms with Crippen molar-refractivity contribution in [3.63, 3.8) is 0 Å². The number of para-hydroxylation sites is 1.